The Bertz CT molecular complexity index is 862. The van der Waals surface area contributed by atoms with Gasteiger partial charge in [-0.3, -0.25) is 0 Å². The molecule has 0 saturated carbocycles. The fourth-order valence-corrected chi connectivity index (χ4v) is 4.92. The van der Waals surface area contributed by atoms with Gasteiger partial charge in [-0.15, -0.1) is 0 Å². The number of pyridine rings is 1. The molecule has 0 bridgehead atoms. The summed E-state index contributed by atoms with van der Waals surface area (Å²) in [6.07, 6.45) is 11.9. The number of ether oxygens (including phenoxy) is 3. The van der Waals surface area contributed by atoms with Crippen molar-refractivity contribution in [3.05, 3.63) is 42.3 Å². The van der Waals surface area contributed by atoms with Gasteiger partial charge in [0.1, 0.15) is 12.7 Å². The van der Waals surface area contributed by atoms with Gasteiger partial charge in [-0.25, -0.2) is 9.78 Å². The molecule has 1 aromatic heterocycles. The Labute approximate surface area is 177 Å². The van der Waals surface area contributed by atoms with Gasteiger partial charge in [0, 0.05) is 43.0 Å². The molecule has 0 spiro atoms. The molecule has 0 N–H and O–H groups in total. The van der Waals surface area contributed by atoms with Crippen LogP contribution in [0.15, 0.2) is 42.3 Å². The van der Waals surface area contributed by atoms with Crippen molar-refractivity contribution >= 4 is 6.09 Å². The van der Waals surface area contributed by atoms with Crippen molar-refractivity contribution in [2.45, 2.75) is 44.8 Å². The average Bonchev–Trinajstić information content (AvgIpc) is 2.79. The van der Waals surface area contributed by atoms with Crippen LogP contribution in [0, 0.1) is 5.41 Å². The van der Waals surface area contributed by atoms with Crippen LogP contribution in [0.2, 0.25) is 0 Å². The van der Waals surface area contributed by atoms with Crippen molar-refractivity contribution in [1.29, 1.82) is 0 Å². The molecule has 30 heavy (non-hydrogen) atoms. The number of aromatic nitrogens is 1. The largest absolute Gasteiger partial charge is 0.484 e. The summed E-state index contributed by atoms with van der Waals surface area (Å²) < 4.78 is 17.4. The number of hydrogen-bond donors (Lipinski definition) is 0. The first-order valence-corrected chi connectivity index (χ1v) is 10.9. The van der Waals surface area contributed by atoms with E-state index in [1.807, 2.05) is 17.0 Å². The van der Waals surface area contributed by atoms with Crippen molar-refractivity contribution < 1.29 is 19.0 Å². The topological polar surface area (TPSA) is 64.1 Å². The highest BCUT2D eigenvalue weighted by Gasteiger charge is 2.41. The normalized spacial score (nSPS) is 29.4. The molecule has 1 unspecified atom stereocenters. The second kappa shape index (κ2) is 7.85. The molecule has 1 aliphatic carbocycles. The standard InChI is InChI=1S/C23H29N3O4/c1-23(20-16-29-19-6-3-10-24-21(19)30-20)9-2-5-18(15-23)25-12-7-17(8-13-25)26-11-4-14-28-22(26)27/h2-3,5-6,9-10,17,20H,4,7-8,11-16H2,1H3/t20-,23?/m1/s1. The van der Waals surface area contributed by atoms with Crippen LogP contribution < -0.4 is 9.47 Å². The van der Waals surface area contributed by atoms with Gasteiger partial charge in [-0.1, -0.05) is 19.1 Å². The Morgan fingerprint density at radius 3 is 2.90 bits per heavy atom. The molecule has 1 amide bonds. The summed E-state index contributed by atoms with van der Waals surface area (Å²) in [5.74, 6) is 1.29. The maximum Gasteiger partial charge on any atom is 0.410 e. The fraction of sp³-hybridized carbons (Fsp3) is 0.565. The molecule has 5 rings (SSSR count). The lowest BCUT2D eigenvalue weighted by Gasteiger charge is -2.44. The summed E-state index contributed by atoms with van der Waals surface area (Å²) in [6.45, 7) is 6.04. The quantitative estimate of drug-likeness (QED) is 0.760. The Morgan fingerprint density at radius 2 is 2.07 bits per heavy atom. The van der Waals surface area contributed by atoms with Crippen LogP contribution in [0.3, 0.4) is 0 Å². The summed E-state index contributed by atoms with van der Waals surface area (Å²) in [4.78, 5) is 20.8. The number of allylic oxidation sites excluding steroid dienone is 3. The third-order valence-electron chi connectivity index (χ3n) is 6.76. The van der Waals surface area contributed by atoms with Gasteiger partial charge in [-0.2, -0.15) is 0 Å². The zero-order valence-electron chi connectivity index (χ0n) is 17.5. The number of fused-ring (bicyclic) bond motifs is 1. The van der Waals surface area contributed by atoms with Crippen LogP contribution in [0.1, 0.15) is 32.6 Å². The smallest absolute Gasteiger partial charge is 0.410 e. The number of amides is 1. The molecule has 2 saturated heterocycles. The molecule has 2 atom stereocenters. The molecular formula is C23H29N3O4. The van der Waals surface area contributed by atoms with Gasteiger partial charge in [-0.05, 0) is 43.9 Å². The predicted octanol–water partition coefficient (Wildman–Crippen LogP) is 3.38. The third kappa shape index (κ3) is 3.61. The molecule has 160 valence electrons. The Morgan fingerprint density at radius 1 is 1.20 bits per heavy atom. The van der Waals surface area contributed by atoms with E-state index in [9.17, 15) is 4.79 Å². The summed E-state index contributed by atoms with van der Waals surface area (Å²) in [7, 11) is 0. The summed E-state index contributed by atoms with van der Waals surface area (Å²) >= 11 is 0. The first-order chi connectivity index (χ1) is 14.6. The van der Waals surface area contributed by atoms with E-state index in [2.05, 4.69) is 35.0 Å². The van der Waals surface area contributed by atoms with Gasteiger partial charge in [0.15, 0.2) is 5.75 Å². The molecule has 2 fully saturated rings. The van der Waals surface area contributed by atoms with Crippen LogP contribution in [0.4, 0.5) is 4.79 Å². The Balaban J connectivity index is 1.22. The van der Waals surface area contributed by atoms with Gasteiger partial charge in [0.05, 0.1) is 6.61 Å². The maximum absolute atomic E-state index is 12.1. The van der Waals surface area contributed by atoms with Crippen molar-refractivity contribution in [3.8, 4) is 11.6 Å². The predicted molar refractivity (Wildman–Crippen MR) is 111 cm³/mol. The molecular weight excluding hydrogens is 382 g/mol. The van der Waals surface area contributed by atoms with Crippen LogP contribution in [-0.4, -0.2) is 65.9 Å². The van der Waals surface area contributed by atoms with E-state index in [0.717, 1.165) is 45.3 Å². The number of cyclic esters (lactones) is 1. The van der Waals surface area contributed by atoms with Crippen molar-refractivity contribution in [3.63, 3.8) is 0 Å². The summed E-state index contributed by atoms with van der Waals surface area (Å²) in [5.41, 5.74) is 1.17. The van der Waals surface area contributed by atoms with Gasteiger partial charge < -0.3 is 24.0 Å². The summed E-state index contributed by atoms with van der Waals surface area (Å²) in [5, 5.41) is 0. The molecule has 0 radical (unpaired) electrons. The lowest BCUT2D eigenvalue weighted by Crippen LogP contribution is -2.50. The second-order valence-electron chi connectivity index (χ2n) is 8.80. The first-order valence-electron chi connectivity index (χ1n) is 10.9. The monoisotopic (exact) mass is 411 g/mol. The number of rotatable bonds is 3. The van der Waals surface area contributed by atoms with Crippen LogP contribution >= 0.6 is 0 Å². The first kappa shape index (κ1) is 19.3. The van der Waals surface area contributed by atoms with E-state index in [1.54, 1.807) is 6.20 Å². The molecule has 7 nitrogen and oxygen atoms in total. The highest BCUT2D eigenvalue weighted by Crippen LogP contribution is 2.41. The lowest BCUT2D eigenvalue weighted by molar-refractivity contribution is 0.0113. The Kier molecular flexibility index (Phi) is 5.05. The van der Waals surface area contributed by atoms with Gasteiger partial charge >= 0.3 is 6.09 Å². The lowest BCUT2D eigenvalue weighted by atomic mass is 9.76. The molecule has 0 aromatic carbocycles. The highest BCUT2D eigenvalue weighted by atomic mass is 16.6. The molecule has 4 heterocycles. The van der Waals surface area contributed by atoms with Crippen molar-refractivity contribution in [2.75, 3.05) is 32.8 Å². The fourth-order valence-electron chi connectivity index (χ4n) is 4.92. The van der Waals surface area contributed by atoms with E-state index in [0.29, 0.717) is 24.8 Å². The highest BCUT2D eigenvalue weighted by molar-refractivity contribution is 5.68. The Hall–Kier alpha value is -2.70. The maximum atomic E-state index is 12.1. The van der Waals surface area contributed by atoms with E-state index < -0.39 is 0 Å². The van der Waals surface area contributed by atoms with E-state index in [4.69, 9.17) is 14.2 Å². The minimum Gasteiger partial charge on any atom is -0.484 e. The van der Waals surface area contributed by atoms with Crippen molar-refractivity contribution in [1.82, 2.24) is 14.8 Å². The SMILES string of the molecule is CC1([C@H]2COc3cccnc3O2)C=CC=C(N2CCC(N3CCCOC3=O)CC2)C1. The summed E-state index contributed by atoms with van der Waals surface area (Å²) in [6, 6.07) is 4.04. The number of piperidine rings is 1. The number of nitrogens with zero attached hydrogens (tertiary/aromatic N) is 3. The van der Waals surface area contributed by atoms with Crippen LogP contribution in [0.5, 0.6) is 11.6 Å². The second-order valence-corrected chi connectivity index (χ2v) is 8.80. The number of likely N-dealkylation sites (tertiary alicyclic amines) is 1. The minimum atomic E-state index is -0.160. The number of carbonyl (C=O) groups excluding carboxylic acids is 1. The number of carbonyl (C=O) groups is 1. The molecule has 3 aliphatic heterocycles. The number of hydrogen-bond acceptors (Lipinski definition) is 6. The van der Waals surface area contributed by atoms with E-state index in [-0.39, 0.29) is 23.7 Å². The molecule has 4 aliphatic rings. The third-order valence-corrected chi connectivity index (χ3v) is 6.76. The van der Waals surface area contributed by atoms with E-state index in [1.165, 1.54) is 5.70 Å². The molecule has 1 aromatic rings. The van der Waals surface area contributed by atoms with Crippen molar-refractivity contribution in [2.24, 2.45) is 5.41 Å². The van der Waals surface area contributed by atoms with Gasteiger partial charge in [0.25, 0.3) is 5.88 Å². The zero-order valence-corrected chi connectivity index (χ0v) is 17.5. The van der Waals surface area contributed by atoms with Gasteiger partial charge in [0.2, 0.25) is 0 Å². The van der Waals surface area contributed by atoms with Crippen LogP contribution in [0.25, 0.3) is 0 Å². The van der Waals surface area contributed by atoms with E-state index >= 15 is 0 Å². The average molecular weight is 412 g/mol. The van der Waals surface area contributed by atoms with Crippen LogP contribution in [-0.2, 0) is 4.74 Å². The minimum absolute atomic E-state index is 0.0829. The molecule has 7 heteroatoms. The zero-order chi connectivity index (χ0) is 20.6.